The largest absolute Gasteiger partial charge is 0.379 e. The Morgan fingerprint density at radius 1 is 1.38 bits per heavy atom. The van der Waals surface area contributed by atoms with Crippen LogP contribution in [0.1, 0.15) is 5.01 Å². The summed E-state index contributed by atoms with van der Waals surface area (Å²) in [5.74, 6) is 0. The number of rotatable bonds is 4. The molecule has 2 saturated heterocycles. The summed E-state index contributed by atoms with van der Waals surface area (Å²) >= 11 is 4.90. The number of morpholine rings is 1. The fourth-order valence-corrected chi connectivity index (χ4v) is 4.12. The van der Waals surface area contributed by atoms with Gasteiger partial charge in [0.1, 0.15) is 11.2 Å². The number of carbonyl (C=O) groups is 1. The van der Waals surface area contributed by atoms with Crippen molar-refractivity contribution in [3.05, 3.63) is 5.01 Å². The molecule has 0 bridgehead atoms. The van der Waals surface area contributed by atoms with Crippen molar-refractivity contribution in [2.45, 2.75) is 12.6 Å². The molecule has 0 N–H and O–H groups in total. The summed E-state index contributed by atoms with van der Waals surface area (Å²) in [4.78, 5) is 18.3. The second kappa shape index (κ2) is 6.55. The van der Waals surface area contributed by atoms with Gasteiger partial charge in [0, 0.05) is 31.9 Å². The van der Waals surface area contributed by atoms with Gasteiger partial charge in [-0.05, 0) is 0 Å². The van der Waals surface area contributed by atoms with Crippen molar-refractivity contribution in [2.75, 3.05) is 50.1 Å². The Balaban J connectivity index is 1.82. The molecule has 3 rings (SSSR count). The molecule has 21 heavy (non-hydrogen) atoms. The SMILES string of the molecule is CN1CC(N2CCOCC2)N(c2nnc(CCBr)s2)C1=O. The Hall–Kier alpha value is -0.770. The predicted octanol–water partition coefficient (Wildman–Crippen LogP) is 1.01. The number of nitrogens with zero attached hydrogens (tertiary/aromatic N) is 5. The molecule has 2 aliphatic rings. The molecule has 1 aromatic heterocycles. The maximum Gasteiger partial charge on any atom is 0.327 e. The Bertz CT molecular complexity index is 508. The van der Waals surface area contributed by atoms with Gasteiger partial charge in [0.15, 0.2) is 0 Å². The van der Waals surface area contributed by atoms with E-state index in [2.05, 4.69) is 31.0 Å². The van der Waals surface area contributed by atoms with Crippen LogP contribution in [0.4, 0.5) is 9.93 Å². The number of amides is 2. The highest BCUT2D eigenvalue weighted by Gasteiger charge is 2.41. The number of hydrogen-bond acceptors (Lipinski definition) is 6. The first-order valence-corrected chi connectivity index (χ1v) is 8.89. The molecular formula is C12H18BrN5O2S. The minimum absolute atomic E-state index is 0.00645. The van der Waals surface area contributed by atoms with Gasteiger partial charge < -0.3 is 9.64 Å². The van der Waals surface area contributed by atoms with E-state index in [4.69, 9.17) is 4.74 Å². The molecule has 0 aliphatic carbocycles. The Labute approximate surface area is 136 Å². The summed E-state index contributed by atoms with van der Waals surface area (Å²) in [7, 11) is 1.83. The van der Waals surface area contributed by atoms with Gasteiger partial charge >= 0.3 is 6.03 Å². The van der Waals surface area contributed by atoms with Crippen LogP contribution in [0.15, 0.2) is 0 Å². The van der Waals surface area contributed by atoms with E-state index in [1.807, 2.05) is 7.05 Å². The molecule has 0 saturated carbocycles. The molecular weight excluding hydrogens is 358 g/mol. The van der Waals surface area contributed by atoms with E-state index in [1.165, 1.54) is 11.3 Å². The minimum Gasteiger partial charge on any atom is -0.379 e. The number of anilines is 1. The smallest absolute Gasteiger partial charge is 0.327 e. The minimum atomic E-state index is -0.00645. The third-order valence-electron chi connectivity index (χ3n) is 3.71. The van der Waals surface area contributed by atoms with Crippen molar-refractivity contribution in [1.82, 2.24) is 20.0 Å². The first kappa shape index (κ1) is 15.1. The van der Waals surface area contributed by atoms with E-state index < -0.39 is 0 Å². The Morgan fingerprint density at radius 3 is 2.86 bits per heavy atom. The average Bonchev–Trinajstić information content (AvgIpc) is 3.06. The molecule has 116 valence electrons. The van der Waals surface area contributed by atoms with Gasteiger partial charge in [0.05, 0.1) is 19.8 Å². The van der Waals surface area contributed by atoms with E-state index in [9.17, 15) is 4.79 Å². The number of aryl methyl sites for hydroxylation is 1. The van der Waals surface area contributed by atoms with Crippen LogP contribution in [0.5, 0.6) is 0 Å². The molecule has 1 unspecified atom stereocenters. The highest BCUT2D eigenvalue weighted by atomic mass is 79.9. The lowest BCUT2D eigenvalue weighted by Crippen LogP contribution is -2.51. The fraction of sp³-hybridized carbons (Fsp3) is 0.750. The molecule has 1 atom stereocenters. The number of hydrogen-bond donors (Lipinski definition) is 0. The van der Waals surface area contributed by atoms with Crippen LogP contribution in [-0.4, -0.2) is 77.4 Å². The second-order valence-electron chi connectivity index (χ2n) is 5.08. The number of urea groups is 1. The van der Waals surface area contributed by atoms with Gasteiger partial charge in [-0.25, -0.2) is 9.69 Å². The number of carbonyl (C=O) groups excluding carboxylic acids is 1. The topological polar surface area (TPSA) is 61.8 Å². The normalized spacial score (nSPS) is 24.1. The van der Waals surface area contributed by atoms with Crippen molar-refractivity contribution < 1.29 is 9.53 Å². The van der Waals surface area contributed by atoms with E-state index in [-0.39, 0.29) is 12.2 Å². The standard InChI is InChI=1S/C12H18BrN5O2S/c1-16-8-10(17-4-6-20-7-5-17)18(12(16)19)11-15-14-9(21-11)2-3-13/h10H,2-8H2,1H3. The van der Waals surface area contributed by atoms with Crippen LogP contribution in [0, 0.1) is 0 Å². The lowest BCUT2D eigenvalue weighted by Gasteiger charge is -2.34. The summed E-state index contributed by atoms with van der Waals surface area (Å²) in [6, 6.07) is -0.00645. The lowest BCUT2D eigenvalue weighted by molar-refractivity contribution is 0.0194. The van der Waals surface area contributed by atoms with Crippen LogP contribution < -0.4 is 4.90 Å². The predicted molar refractivity (Wildman–Crippen MR) is 84.1 cm³/mol. The molecule has 0 spiro atoms. The Kier molecular flexibility index (Phi) is 4.72. The quantitative estimate of drug-likeness (QED) is 0.734. The summed E-state index contributed by atoms with van der Waals surface area (Å²) in [6.07, 6.45) is 0.855. The molecule has 3 heterocycles. The van der Waals surface area contributed by atoms with Crippen LogP contribution in [-0.2, 0) is 11.2 Å². The van der Waals surface area contributed by atoms with Crippen molar-refractivity contribution in [1.29, 1.82) is 0 Å². The van der Waals surface area contributed by atoms with Gasteiger partial charge in [-0.2, -0.15) is 0 Å². The lowest BCUT2D eigenvalue weighted by atomic mass is 10.3. The highest BCUT2D eigenvalue weighted by molar-refractivity contribution is 9.09. The van der Waals surface area contributed by atoms with E-state index in [1.54, 1.807) is 9.80 Å². The van der Waals surface area contributed by atoms with Crippen LogP contribution in [0.3, 0.4) is 0 Å². The molecule has 0 aromatic carbocycles. The zero-order valence-corrected chi connectivity index (χ0v) is 14.3. The molecule has 9 heteroatoms. The second-order valence-corrected chi connectivity index (χ2v) is 6.91. The zero-order chi connectivity index (χ0) is 14.8. The maximum atomic E-state index is 12.4. The first-order valence-electron chi connectivity index (χ1n) is 6.95. The van der Waals surface area contributed by atoms with E-state index >= 15 is 0 Å². The summed E-state index contributed by atoms with van der Waals surface area (Å²) in [6.45, 7) is 3.80. The molecule has 2 amide bonds. The van der Waals surface area contributed by atoms with Crippen molar-refractivity contribution in [2.24, 2.45) is 0 Å². The molecule has 7 nitrogen and oxygen atoms in total. The van der Waals surface area contributed by atoms with Gasteiger partial charge in [-0.3, -0.25) is 4.90 Å². The monoisotopic (exact) mass is 375 g/mol. The number of halogens is 1. The van der Waals surface area contributed by atoms with Gasteiger partial charge in [0.25, 0.3) is 0 Å². The zero-order valence-electron chi connectivity index (χ0n) is 11.9. The highest BCUT2D eigenvalue weighted by Crippen LogP contribution is 2.29. The van der Waals surface area contributed by atoms with E-state index in [0.717, 1.165) is 29.8 Å². The van der Waals surface area contributed by atoms with Crippen molar-refractivity contribution in [3.63, 3.8) is 0 Å². The van der Waals surface area contributed by atoms with Gasteiger partial charge in [-0.1, -0.05) is 27.3 Å². The summed E-state index contributed by atoms with van der Waals surface area (Å²) in [5, 5.41) is 10.9. The number of likely N-dealkylation sites (N-methyl/N-ethyl adjacent to an activating group) is 1. The third kappa shape index (κ3) is 3.05. The molecule has 2 fully saturated rings. The van der Waals surface area contributed by atoms with Gasteiger partial charge in [-0.15, -0.1) is 10.2 Å². The number of ether oxygens (including phenoxy) is 1. The number of aromatic nitrogens is 2. The molecule has 1 aromatic rings. The van der Waals surface area contributed by atoms with Crippen LogP contribution >= 0.6 is 27.3 Å². The van der Waals surface area contributed by atoms with E-state index in [0.29, 0.717) is 24.9 Å². The average molecular weight is 376 g/mol. The van der Waals surface area contributed by atoms with Gasteiger partial charge in [0.2, 0.25) is 5.13 Å². The van der Waals surface area contributed by atoms with Crippen LogP contribution in [0.2, 0.25) is 0 Å². The van der Waals surface area contributed by atoms with Crippen molar-refractivity contribution in [3.8, 4) is 0 Å². The summed E-state index contributed by atoms with van der Waals surface area (Å²) < 4.78 is 5.40. The summed E-state index contributed by atoms with van der Waals surface area (Å²) in [5.41, 5.74) is 0. The molecule has 2 aliphatic heterocycles. The first-order chi connectivity index (χ1) is 10.2. The number of alkyl halides is 1. The fourth-order valence-electron chi connectivity index (χ4n) is 2.60. The maximum absolute atomic E-state index is 12.4. The third-order valence-corrected chi connectivity index (χ3v) is 5.08. The van der Waals surface area contributed by atoms with Crippen molar-refractivity contribution >= 4 is 38.4 Å². The Morgan fingerprint density at radius 2 is 2.14 bits per heavy atom. The molecule has 0 radical (unpaired) electrons. The van der Waals surface area contributed by atoms with Crippen LogP contribution in [0.25, 0.3) is 0 Å².